The molecule has 3 heteroatoms. The van der Waals surface area contributed by atoms with Crippen LogP contribution in [-0.4, -0.2) is 0 Å². The van der Waals surface area contributed by atoms with Gasteiger partial charge in [0.05, 0.1) is 10.5 Å². The second kappa shape index (κ2) is 5.80. The highest BCUT2D eigenvalue weighted by molar-refractivity contribution is 9.10. The van der Waals surface area contributed by atoms with E-state index >= 15 is 0 Å². The number of nitrogens with one attached hydrogen (secondary N) is 1. The van der Waals surface area contributed by atoms with Crippen molar-refractivity contribution in [2.75, 3.05) is 5.32 Å². The third-order valence-corrected chi connectivity index (χ3v) is 5.00. The molecule has 2 aromatic rings. The average molecular weight is 348 g/mol. The van der Waals surface area contributed by atoms with Gasteiger partial charge in [0.1, 0.15) is 5.82 Å². The highest BCUT2D eigenvalue weighted by Crippen LogP contribution is 2.39. The Bertz CT molecular complexity index is 668. The van der Waals surface area contributed by atoms with E-state index in [0.717, 1.165) is 24.1 Å². The van der Waals surface area contributed by atoms with Gasteiger partial charge in [-0.2, -0.15) is 0 Å². The van der Waals surface area contributed by atoms with Gasteiger partial charge in [0.25, 0.3) is 0 Å². The summed E-state index contributed by atoms with van der Waals surface area (Å²) in [6.45, 7) is 4.28. The fourth-order valence-corrected chi connectivity index (χ4v) is 3.60. The van der Waals surface area contributed by atoms with Crippen LogP contribution in [0.25, 0.3) is 0 Å². The summed E-state index contributed by atoms with van der Waals surface area (Å²) in [5.74, 6) is 0.377. The summed E-state index contributed by atoms with van der Waals surface area (Å²) in [7, 11) is 0. The SMILES string of the molecule is Cc1cc(Br)c(F)cc1NC1CCC(C)c2ccccc21. The molecule has 1 nitrogen and oxygen atoms in total. The Hall–Kier alpha value is -1.35. The molecule has 0 saturated carbocycles. The molecule has 0 heterocycles. The van der Waals surface area contributed by atoms with Crippen molar-refractivity contribution in [3.63, 3.8) is 0 Å². The molecule has 0 radical (unpaired) electrons. The minimum absolute atomic E-state index is 0.222. The number of fused-ring (bicyclic) bond motifs is 1. The number of aryl methyl sites for hydroxylation is 1. The van der Waals surface area contributed by atoms with E-state index in [9.17, 15) is 4.39 Å². The lowest BCUT2D eigenvalue weighted by molar-refractivity contribution is 0.534. The van der Waals surface area contributed by atoms with Crippen LogP contribution in [0.3, 0.4) is 0 Å². The van der Waals surface area contributed by atoms with Crippen molar-refractivity contribution in [1.29, 1.82) is 0 Å². The fourth-order valence-electron chi connectivity index (χ4n) is 3.14. The summed E-state index contributed by atoms with van der Waals surface area (Å²) in [4.78, 5) is 0. The molecule has 2 atom stereocenters. The van der Waals surface area contributed by atoms with Crippen LogP contribution >= 0.6 is 15.9 Å². The largest absolute Gasteiger partial charge is 0.378 e. The molecule has 0 saturated heterocycles. The molecule has 0 bridgehead atoms. The Kier molecular flexibility index (Phi) is 4.03. The first kappa shape index (κ1) is 14.6. The molecule has 0 fully saturated rings. The van der Waals surface area contributed by atoms with Gasteiger partial charge in [-0.15, -0.1) is 0 Å². The molecule has 1 aliphatic rings. The topological polar surface area (TPSA) is 12.0 Å². The molecular weight excluding hydrogens is 329 g/mol. The zero-order valence-corrected chi connectivity index (χ0v) is 13.9. The van der Waals surface area contributed by atoms with E-state index in [4.69, 9.17) is 0 Å². The average Bonchev–Trinajstić information content (AvgIpc) is 2.48. The quantitative estimate of drug-likeness (QED) is 0.707. The maximum atomic E-state index is 13.8. The molecule has 1 N–H and O–H groups in total. The zero-order chi connectivity index (χ0) is 15.0. The van der Waals surface area contributed by atoms with Crippen molar-refractivity contribution in [1.82, 2.24) is 0 Å². The summed E-state index contributed by atoms with van der Waals surface area (Å²) < 4.78 is 14.3. The Labute approximate surface area is 133 Å². The van der Waals surface area contributed by atoms with Gasteiger partial charge >= 0.3 is 0 Å². The predicted octanol–water partition coefficient (Wildman–Crippen LogP) is 5.95. The van der Waals surface area contributed by atoms with E-state index in [1.54, 1.807) is 6.07 Å². The minimum Gasteiger partial charge on any atom is -0.378 e. The Morgan fingerprint density at radius 3 is 2.62 bits per heavy atom. The molecule has 0 aromatic heterocycles. The second-order valence-corrected chi connectivity index (χ2v) is 6.74. The lowest BCUT2D eigenvalue weighted by Gasteiger charge is -2.31. The van der Waals surface area contributed by atoms with E-state index < -0.39 is 0 Å². The summed E-state index contributed by atoms with van der Waals surface area (Å²) in [6.07, 6.45) is 2.24. The molecule has 3 rings (SSSR count). The van der Waals surface area contributed by atoms with E-state index in [1.165, 1.54) is 11.1 Å². The molecule has 21 heavy (non-hydrogen) atoms. The number of benzene rings is 2. The molecule has 2 aromatic carbocycles. The van der Waals surface area contributed by atoms with Gasteiger partial charge in [-0.1, -0.05) is 31.2 Å². The van der Waals surface area contributed by atoms with Crippen molar-refractivity contribution in [3.8, 4) is 0 Å². The number of rotatable bonds is 2. The molecule has 1 aliphatic carbocycles. The van der Waals surface area contributed by atoms with Gasteiger partial charge in [0.15, 0.2) is 0 Å². The maximum absolute atomic E-state index is 13.8. The minimum atomic E-state index is -0.222. The summed E-state index contributed by atoms with van der Waals surface area (Å²) in [6, 6.07) is 12.3. The Balaban J connectivity index is 1.93. The van der Waals surface area contributed by atoms with Crippen molar-refractivity contribution in [2.24, 2.45) is 0 Å². The first-order valence-corrected chi connectivity index (χ1v) is 8.16. The van der Waals surface area contributed by atoms with E-state index in [1.807, 2.05) is 13.0 Å². The highest BCUT2D eigenvalue weighted by atomic mass is 79.9. The second-order valence-electron chi connectivity index (χ2n) is 5.89. The van der Waals surface area contributed by atoms with Crippen LogP contribution in [0.5, 0.6) is 0 Å². The van der Waals surface area contributed by atoms with Crippen LogP contribution < -0.4 is 5.32 Å². The number of halogens is 2. The standard InChI is InChI=1S/C18H19BrFN/c1-11-7-8-17(14-6-4-3-5-13(11)14)21-18-10-16(20)15(19)9-12(18)2/h3-6,9-11,17,21H,7-8H2,1-2H3. The summed E-state index contributed by atoms with van der Waals surface area (Å²) in [5.41, 5.74) is 4.69. The van der Waals surface area contributed by atoms with Gasteiger partial charge in [-0.05, 0) is 70.4 Å². The van der Waals surface area contributed by atoms with Crippen molar-refractivity contribution >= 4 is 21.6 Å². The van der Waals surface area contributed by atoms with Crippen LogP contribution in [-0.2, 0) is 0 Å². The van der Waals surface area contributed by atoms with Gasteiger partial charge in [-0.25, -0.2) is 4.39 Å². The van der Waals surface area contributed by atoms with Gasteiger partial charge in [0.2, 0.25) is 0 Å². The molecule has 0 spiro atoms. The van der Waals surface area contributed by atoms with Crippen molar-refractivity contribution in [3.05, 3.63) is 63.4 Å². The Morgan fingerprint density at radius 1 is 1.14 bits per heavy atom. The first-order valence-electron chi connectivity index (χ1n) is 7.37. The van der Waals surface area contributed by atoms with Crippen LogP contribution in [0.15, 0.2) is 40.9 Å². The number of anilines is 1. The third-order valence-electron chi connectivity index (χ3n) is 4.39. The molecule has 2 unspecified atom stereocenters. The van der Waals surface area contributed by atoms with Crippen molar-refractivity contribution < 1.29 is 4.39 Å². The van der Waals surface area contributed by atoms with Crippen LogP contribution in [0, 0.1) is 12.7 Å². The van der Waals surface area contributed by atoms with Crippen LogP contribution in [0.4, 0.5) is 10.1 Å². The number of hydrogen-bond donors (Lipinski definition) is 1. The van der Waals surface area contributed by atoms with Gasteiger partial charge < -0.3 is 5.32 Å². The summed E-state index contributed by atoms with van der Waals surface area (Å²) in [5, 5.41) is 3.53. The fraction of sp³-hybridized carbons (Fsp3) is 0.333. The first-order chi connectivity index (χ1) is 10.1. The van der Waals surface area contributed by atoms with Crippen LogP contribution in [0.2, 0.25) is 0 Å². The summed E-state index contributed by atoms with van der Waals surface area (Å²) >= 11 is 3.24. The maximum Gasteiger partial charge on any atom is 0.139 e. The van der Waals surface area contributed by atoms with Gasteiger partial charge in [-0.3, -0.25) is 0 Å². The van der Waals surface area contributed by atoms with E-state index in [0.29, 0.717) is 10.4 Å². The Morgan fingerprint density at radius 2 is 1.86 bits per heavy atom. The van der Waals surface area contributed by atoms with Gasteiger partial charge in [0, 0.05) is 5.69 Å². The monoisotopic (exact) mass is 347 g/mol. The highest BCUT2D eigenvalue weighted by Gasteiger charge is 2.24. The lowest BCUT2D eigenvalue weighted by Crippen LogP contribution is -2.19. The normalized spacial score (nSPS) is 21.0. The third kappa shape index (κ3) is 2.84. The zero-order valence-electron chi connectivity index (χ0n) is 12.3. The van der Waals surface area contributed by atoms with E-state index in [2.05, 4.69) is 52.4 Å². The predicted molar refractivity (Wildman–Crippen MR) is 89.3 cm³/mol. The lowest BCUT2D eigenvalue weighted by atomic mass is 9.81. The molecular formula is C18H19BrFN. The number of hydrogen-bond acceptors (Lipinski definition) is 1. The molecule has 110 valence electrons. The molecule has 0 aliphatic heterocycles. The van der Waals surface area contributed by atoms with Crippen molar-refractivity contribution in [2.45, 2.75) is 38.6 Å². The smallest absolute Gasteiger partial charge is 0.139 e. The van der Waals surface area contributed by atoms with Crippen LogP contribution in [0.1, 0.15) is 48.4 Å². The van der Waals surface area contributed by atoms with E-state index in [-0.39, 0.29) is 11.9 Å². The molecule has 0 amide bonds.